The van der Waals surface area contributed by atoms with Gasteiger partial charge in [-0.2, -0.15) is 13.2 Å². The monoisotopic (exact) mass is 268 g/mol. The van der Waals surface area contributed by atoms with Crippen molar-refractivity contribution >= 4 is 12.4 Å². The van der Waals surface area contributed by atoms with Gasteiger partial charge in [-0.05, 0) is 12.1 Å². The number of alkyl halides is 3. The van der Waals surface area contributed by atoms with Gasteiger partial charge in [0.15, 0.2) is 0 Å². The van der Waals surface area contributed by atoms with Crippen molar-refractivity contribution < 1.29 is 82.6 Å². The fourth-order valence-corrected chi connectivity index (χ4v) is 0.993. The molecule has 0 heterocycles. The molecule has 0 aliphatic heterocycles. The molecule has 0 bridgehead atoms. The molecule has 0 saturated carbocycles. The Morgan fingerprint density at radius 1 is 1.06 bits per heavy atom. The van der Waals surface area contributed by atoms with Crippen LogP contribution in [0.5, 0.6) is 5.75 Å². The van der Waals surface area contributed by atoms with Crippen LogP contribution in [0.1, 0.15) is 5.56 Å². The minimum atomic E-state index is -5.65. The zero-order valence-electron chi connectivity index (χ0n) is 8.02. The van der Waals surface area contributed by atoms with Crippen molar-refractivity contribution in [2.24, 2.45) is 0 Å². The van der Waals surface area contributed by atoms with Crippen LogP contribution < -0.4 is 56.8 Å². The number of hydrogen-bond donors (Lipinski definition) is 1. The van der Waals surface area contributed by atoms with Crippen LogP contribution in [0.3, 0.4) is 0 Å². The SMILES string of the molecule is Oc1ccc(C(F)(F)F)cc1[B-](F)(F)F.[K+]. The molecular weight excluding hydrogens is 264 g/mol. The Balaban J connectivity index is 0.00000225. The first-order valence-corrected chi connectivity index (χ1v) is 3.72. The number of phenols is 1. The smallest absolute Gasteiger partial charge is 0.511 e. The molecule has 0 radical (unpaired) electrons. The van der Waals surface area contributed by atoms with Gasteiger partial charge in [0.2, 0.25) is 0 Å². The molecule has 84 valence electrons. The molecule has 9 heteroatoms. The average Bonchev–Trinajstić information content (AvgIpc) is 2.00. The predicted molar refractivity (Wildman–Crippen MR) is 41.8 cm³/mol. The van der Waals surface area contributed by atoms with E-state index >= 15 is 0 Å². The summed E-state index contributed by atoms with van der Waals surface area (Å²) in [6.07, 6.45) is -4.86. The van der Waals surface area contributed by atoms with E-state index in [1.807, 2.05) is 0 Å². The van der Waals surface area contributed by atoms with Gasteiger partial charge in [-0.15, -0.1) is 0 Å². The molecule has 0 aliphatic carbocycles. The third kappa shape index (κ3) is 3.95. The van der Waals surface area contributed by atoms with Gasteiger partial charge in [-0.1, -0.05) is 11.5 Å². The molecule has 1 aromatic rings. The van der Waals surface area contributed by atoms with Crippen LogP contribution in [0.15, 0.2) is 18.2 Å². The molecular formula is C7H4BF6KO. The third-order valence-corrected chi connectivity index (χ3v) is 1.71. The van der Waals surface area contributed by atoms with Gasteiger partial charge in [0, 0.05) is 0 Å². The Hall–Kier alpha value is 0.301. The van der Waals surface area contributed by atoms with Crippen LogP contribution in [-0.4, -0.2) is 12.1 Å². The predicted octanol–water partition coefficient (Wildman–Crippen LogP) is -0.531. The van der Waals surface area contributed by atoms with Crippen molar-refractivity contribution in [2.75, 3.05) is 0 Å². The summed E-state index contributed by atoms with van der Waals surface area (Å²) < 4.78 is 72.6. The third-order valence-electron chi connectivity index (χ3n) is 1.71. The quantitative estimate of drug-likeness (QED) is 0.536. The summed E-state index contributed by atoms with van der Waals surface area (Å²) in [5, 5.41) is 8.76. The molecule has 1 N–H and O–H groups in total. The minimum Gasteiger partial charge on any atom is -0.511 e. The van der Waals surface area contributed by atoms with Gasteiger partial charge >= 0.3 is 64.5 Å². The zero-order valence-corrected chi connectivity index (χ0v) is 11.1. The molecule has 0 amide bonds. The van der Waals surface area contributed by atoms with E-state index in [1.54, 1.807) is 0 Å². The van der Waals surface area contributed by atoms with E-state index in [9.17, 15) is 26.1 Å². The molecule has 0 fully saturated rings. The molecule has 1 rings (SSSR count). The van der Waals surface area contributed by atoms with Crippen LogP contribution in [0.4, 0.5) is 26.1 Å². The van der Waals surface area contributed by atoms with Gasteiger partial charge in [0.05, 0.1) is 11.3 Å². The van der Waals surface area contributed by atoms with E-state index in [0.29, 0.717) is 12.1 Å². The standard InChI is InChI=1S/C7H4BF6O.K/c9-7(10,11)4-1-2-6(15)5(3-4)8(12,13)14;/h1-3,15H;/q-1;+1. The van der Waals surface area contributed by atoms with E-state index < -0.39 is 29.9 Å². The Kier molecular flexibility index (Phi) is 5.40. The van der Waals surface area contributed by atoms with Crippen molar-refractivity contribution in [3.63, 3.8) is 0 Å². The van der Waals surface area contributed by atoms with Crippen LogP contribution in [0, 0.1) is 0 Å². The van der Waals surface area contributed by atoms with E-state index in [2.05, 4.69) is 0 Å². The molecule has 0 aliphatic rings. The summed E-state index contributed by atoms with van der Waals surface area (Å²) in [7, 11) is 0. The molecule has 0 saturated heterocycles. The Morgan fingerprint density at radius 2 is 1.56 bits per heavy atom. The minimum absolute atomic E-state index is 0. The molecule has 1 nitrogen and oxygen atoms in total. The maximum atomic E-state index is 12.2. The molecule has 0 spiro atoms. The van der Waals surface area contributed by atoms with Crippen molar-refractivity contribution in [1.29, 1.82) is 0 Å². The molecule has 16 heavy (non-hydrogen) atoms. The fourth-order valence-electron chi connectivity index (χ4n) is 0.993. The number of rotatable bonds is 1. The Morgan fingerprint density at radius 3 is 1.94 bits per heavy atom. The van der Waals surface area contributed by atoms with Gasteiger partial charge in [-0.3, -0.25) is 0 Å². The summed E-state index contributed by atoms with van der Waals surface area (Å²) in [6.45, 7) is -5.65. The summed E-state index contributed by atoms with van der Waals surface area (Å²) in [6, 6.07) is 0.670. The first kappa shape index (κ1) is 16.3. The Bertz CT molecular complexity index is 374. The van der Waals surface area contributed by atoms with Crippen molar-refractivity contribution in [1.82, 2.24) is 0 Å². The largest absolute Gasteiger partial charge is 1.00 e. The molecule has 1 aromatic carbocycles. The van der Waals surface area contributed by atoms with Gasteiger partial charge in [0.25, 0.3) is 0 Å². The average molecular weight is 268 g/mol. The number of phenolic OH excluding ortho intramolecular Hbond substituents is 1. The van der Waals surface area contributed by atoms with Crippen molar-refractivity contribution in [3.05, 3.63) is 23.8 Å². The Labute approximate surface area is 129 Å². The second-order valence-corrected chi connectivity index (χ2v) is 2.85. The van der Waals surface area contributed by atoms with E-state index in [1.165, 1.54) is 0 Å². The number of hydrogen-bond acceptors (Lipinski definition) is 1. The number of halogens is 6. The summed E-state index contributed by atoms with van der Waals surface area (Å²) >= 11 is 0. The first-order valence-electron chi connectivity index (χ1n) is 3.72. The second-order valence-electron chi connectivity index (χ2n) is 2.85. The molecule has 0 atom stereocenters. The van der Waals surface area contributed by atoms with Crippen LogP contribution in [-0.2, 0) is 6.18 Å². The number of benzene rings is 1. The fraction of sp³-hybridized carbons (Fsp3) is 0.143. The zero-order chi connectivity index (χ0) is 11.9. The first-order chi connectivity index (χ1) is 6.62. The van der Waals surface area contributed by atoms with Crippen LogP contribution in [0.25, 0.3) is 0 Å². The summed E-state index contributed by atoms with van der Waals surface area (Å²) in [5.74, 6) is -1.20. The van der Waals surface area contributed by atoms with Gasteiger partial charge in [-0.25, -0.2) is 0 Å². The van der Waals surface area contributed by atoms with E-state index in [0.717, 1.165) is 0 Å². The topological polar surface area (TPSA) is 20.2 Å². The number of aromatic hydroxyl groups is 1. The van der Waals surface area contributed by atoms with Crippen LogP contribution in [0.2, 0.25) is 0 Å². The van der Waals surface area contributed by atoms with Crippen molar-refractivity contribution in [2.45, 2.75) is 6.18 Å². The van der Waals surface area contributed by atoms with Crippen molar-refractivity contribution in [3.8, 4) is 5.75 Å². The molecule has 0 unspecified atom stereocenters. The van der Waals surface area contributed by atoms with Gasteiger partial charge in [0.1, 0.15) is 0 Å². The maximum Gasteiger partial charge on any atom is 1.00 e. The molecule has 0 aromatic heterocycles. The van der Waals surface area contributed by atoms with E-state index in [4.69, 9.17) is 5.11 Å². The maximum absolute atomic E-state index is 12.2. The summed E-state index contributed by atoms with van der Waals surface area (Å²) in [5.41, 5.74) is -3.07. The second kappa shape index (κ2) is 5.30. The van der Waals surface area contributed by atoms with Gasteiger partial charge < -0.3 is 18.1 Å². The normalized spacial score (nSPS) is 12.1. The van der Waals surface area contributed by atoms with Crippen LogP contribution >= 0.6 is 0 Å². The summed E-state index contributed by atoms with van der Waals surface area (Å²) in [4.78, 5) is 0. The van der Waals surface area contributed by atoms with E-state index in [-0.39, 0.29) is 57.5 Å².